The first kappa shape index (κ1) is 16.4. The van der Waals surface area contributed by atoms with E-state index >= 15 is 0 Å². The molecule has 110 valence electrons. The van der Waals surface area contributed by atoms with Gasteiger partial charge >= 0.3 is 5.97 Å². The maximum Gasteiger partial charge on any atom is 0.335 e. The summed E-state index contributed by atoms with van der Waals surface area (Å²) in [4.78, 5) is 10.8. The van der Waals surface area contributed by atoms with Crippen LogP contribution in [-0.2, 0) is 14.6 Å². The van der Waals surface area contributed by atoms with Crippen molar-refractivity contribution in [1.29, 1.82) is 0 Å². The molecule has 1 aromatic rings. The number of hydrogen-bond acceptors (Lipinski definition) is 4. The number of rotatable bonds is 9. The predicted molar refractivity (Wildman–Crippen MR) is 75.7 cm³/mol. The van der Waals surface area contributed by atoms with E-state index in [-0.39, 0.29) is 22.8 Å². The van der Waals surface area contributed by atoms with E-state index < -0.39 is 15.8 Å². The van der Waals surface area contributed by atoms with Crippen molar-refractivity contribution in [3.05, 3.63) is 42.5 Å². The van der Waals surface area contributed by atoms with E-state index in [2.05, 4.69) is 6.58 Å². The molecule has 1 rings (SSSR count). The minimum absolute atomic E-state index is 0.00657. The van der Waals surface area contributed by atoms with Crippen LogP contribution >= 0.6 is 0 Å². The maximum absolute atomic E-state index is 12.0. The lowest BCUT2D eigenvalue weighted by atomic mass is 10.2. The molecule has 1 aromatic carbocycles. The van der Waals surface area contributed by atoms with Gasteiger partial charge in [0.1, 0.15) is 0 Å². The highest BCUT2D eigenvalue weighted by molar-refractivity contribution is 7.91. The summed E-state index contributed by atoms with van der Waals surface area (Å²) in [7, 11) is -3.52. The Morgan fingerprint density at radius 1 is 1.35 bits per heavy atom. The van der Waals surface area contributed by atoms with E-state index in [1.165, 1.54) is 18.2 Å². The number of benzene rings is 1. The number of unbranched alkanes of at least 4 members (excludes halogenated alkanes) is 1. The van der Waals surface area contributed by atoms with Crippen LogP contribution in [-0.4, -0.2) is 38.5 Å². The number of aromatic carboxylic acids is 1. The lowest BCUT2D eigenvalue weighted by Crippen LogP contribution is -2.13. The van der Waals surface area contributed by atoms with Gasteiger partial charge in [0.2, 0.25) is 0 Å². The Morgan fingerprint density at radius 2 is 2.10 bits per heavy atom. The standard InChI is InChI=1S/C14H18O5S/c1-2-3-4-8-19-9-10-20(17,18)13-7-5-6-12(11-13)14(15)16/h2,5-7,11H,1,3-4,8-10H2,(H,15,16). The Kier molecular flexibility index (Phi) is 6.41. The molecular formula is C14H18O5S. The first-order valence-electron chi connectivity index (χ1n) is 6.22. The van der Waals surface area contributed by atoms with Crippen LogP contribution in [0.4, 0.5) is 0 Å². The highest BCUT2D eigenvalue weighted by atomic mass is 32.2. The van der Waals surface area contributed by atoms with Crippen LogP contribution in [0.1, 0.15) is 23.2 Å². The molecule has 0 aromatic heterocycles. The molecule has 0 unspecified atom stereocenters. The SMILES string of the molecule is C=CCCCOCCS(=O)(=O)c1cccc(C(=O)O)c1. The molecular weight excluding hydrogens is 280 g/mol. The molecule has 0 aliphatic heterocycles. The van der Waals surface area contributed by atoms with E-state index in [0.29, 0.717) is 6.61 Å². The normalized spacial score (nSPS) is 11.2. The lowest BCUT2D eigenvalue weighted by Gasteiger charge is -2.06. The number of carboxylic acid groups (broad SMARTS) is 1. The summed E-state index contributed by atoms with van der Waals surface area (Å²) < 4.78 is 29.2. The summed E-state index contributed by atoms with van der Waals surface area (Å²) in [6, 6.07) is 5.32. The van der Waals surface area contributed by atoms with Gasteiger partial charge in [-0.3, -0.25) is 0 Å². The predicted octanol–water partition coefficient (Wildman–Crippen LogP) is 2.14. The average molecular weight is 298 g/mol. The average Bonchev–Trinajstić information content (AvgIpc) is 2.43. The van der Waals surface area contributed by atoms with Crippen molar-refractivity contribution in [2.45, 2.75) is 17.7 Å². The van der Waals surface area contributed by atoms with Gasteiger partial charge in [0, 0.05) is 6.61 Å². The van der Waals surface area contributed by atoms with Crippen molar-refractivity contribution in [3.63, 3.8) is 0 Å². The summed E-state index contributed by atoms with van der Waals surface area (Å²) in [5, 5.41) is 8.84. The molecule has 0 bridgehead atoms. The van der Waals surface area contributed by atoms with Crippen LogP contribution < -0.4 is 0 Å². The molecule has 0 amide bonds. The fourth-order valence-electron chi connectivity index (χ4n) is 1.54. The second-order valence-electron chi connectivity index (χ2n) is 4.20. The highest BCUT2D eigenvalue weighted by Crippen LogP contribution is 2.13. The van der Waals surface area contributed by atoms with Crippen LogP contribution in [0.15, 0.2) is 41.8 Å². The second kappa shape index (κ2) is 7.81. The van der Waals surface area contributed by atoms with Crippen LogP contribution in [0.5, 0.6) is 0 Å². The molecule has 6 heteroatoms. The molecule has 0 heterocycles. The number of hydrogen-bond donors (Lipinski definition) is 1. The van der Waals surface area contributed by atoms with Crippen molar-refractivity contribution in [3.8, 4) is 0 Å². The molecule has 0 radical (unpaired) electrons. The smallest absolute Gasteiger partial charge is 0.335 e. The van der Waals surface area contributed by atoms with Gasteiger partial charge in [-0.25, -0.2) is 13.2 Å². The summed E-state index contributed by atoms with van der Waals surface area (Å²) in [5.41, 5.74) is -0.0435. The fourth-order valence-corrected chi connectivity index (χ4v) is 2.71. The van der Waals surface area contributed by atoms with Crippen LogP contribution in [0.3, 0.4) is 0 Å². The third kappa shape index (κ3) is 5.14. The molecule has 0 aliphatic rings. The zero-order chi connectivity index (χ0) is 15.0. The molecule has 5 nitrogen and oxygen atoms in total. The van der Waals surface area contributed by atoms with E-state index in [1.807, 2.05) is 0 Å². The summed E-state index contributed by atoms with van der Waals surface area (Å²) in [6.45, 7) is 4.16. The summed E-state index contributed by atoms with van der Waals surface area (Å²) in [5.74, 6) is -1.31. The first-order chi connectivity index (χ1) is 9.47. The van der Waals surface area contributed by atoms with Gasteiger partial charge in [-0.05, 0) is 31.0 Å². The van der Waals surface area contributed by atoms with E-state index in [1.54, 1.807) is 6.08 Å². The zero-order valence-electron chi connectivity index (χ0n) is 11.1. The Hall–Kier alpha value is -1.66. The van der Waals surface area contributed by atoms with Gasteiger partial charge < -0.3 is 9.84 Å². The Balaban J connectivity index is 2.58. The van der Waals surface area contributed by atoms with Crippen molar-refractivity contribution in [1.82, 2.24) is 0 Å². The molecule has 0 aliphatic carbocycles. The molecule has 20 heavy (non-hydrogen) atoms. The maximum atomic E-state index is 12.0. The summed E-state index contributed by atoms with van der Waals surface area (Å²) >= 11 is 0. The number of carboxylic acids is 1. The third-order valence-electron chi connectivity index (χ3n) is 2.63. The molecule has 0 spiro atoms. The minimum atomic E-state index is -3.52. The van der Waals surface area contributed by atoms with E-state index in [4.69, 9.17) is 9.84 Å². The van der Waals surface area contributed by atoms with Gasteiger partial charge in [-0.2, -0.15) is 0 Å². The Labute approximate surface area is 118 Å². The molecule has 0 fully saturated rings. The van der Waals surface area contributed by atoms with E-state index in [0.717, 1.165) is 18.9 Å². The molecule has 0 atom stereocenters. The van der Waals surface area contributed by atoms with E-state index in [9.17, 15) is 13.2 Å². The Bertz CT molecular complexity index is 563. The van der Waals surface area contributed by atoms with Gasteiger partial charge in [-0.1, -0.05) is 12.1 Å². The lowest BCUT2D eigenvalue weighted by molar-refractivity contribution is 0.0696. The second-order valence-corrected chi connectivity index (χ2v) is 6.30. The Morgan fingerprint density at radius 3 is 2.75 bits per heavy atom. The molecule has 0 saturated carbocycles. The van der Waals surface area contributed by atoms with Crippen LogP contribution in [0.25, 0.3) is 0 Å². The summed E-state index contributed by atoms with van der Waals surface area (Å²) in [6.07, 6.45) is 3.41. The largest absolute Gasteiger partial charge is 0.478 e. The third-order valence-corrected chi connectivity index (χ3v) is 4.31. The number of carbonyl (C=O) groups is 1. The fraction of sp³-hybridized carbons (Fsp3) is 0.357. The van der Waals surface area contributed by atoms with Crippen LogP contribution in [0, 0.1) is 0 Å². The van der Waals surface area contributed by atoms with Gasteiger partial charge in [0.25, 0.3) is 0 Å². The zero-order valence-corrected chi connectivity index (χ0v) is 11.9. The quantitative estimate of drug-likeness (QED) is 0.558. The van der Waals surface area contributed by atoms with Crippen molar-refractivity contribution >= 4 is 15.8 Å². The number of ether oxygens (including phenoxy) is 1. The topological polar surface area (TPSA) is 80.7 Å². The minimum Gasteiger partial charge on any atom is -0.478 e. The first-order valence-corrected chi connectivity index (χ1v) is 7.87. The molecule has 0 saturated heterocycles. The monoisotopic (exact) mass is 298 g/mol. The van der Waals surface area contributed by atoms with Gasteiger partial charge in [0.15, 0.2) is 9.84 Å². The number of allylic oxidation sites excluding steroid dienone is 1. The van der Waals surface area contributed by atoms with Crippen molar-refractivity contribution in [2.75, 3.05) is 19.0 Å². The van der Waals surface area contributed by atoms with Crippen LogP contribution in [0.2, 0.25) is 0 Å². The highest BCUT2D eigenvalue weighted by Gasteiger charge is 2.16. The molecule has 1 N–H and O–H groups in total. The number of sulfone groups is 1. The van der Waals surface area contributed by atoms with Gasteiger partial charge in [-0.15, -0.1) is 6.58 Å². The van der Waals surface area contributed by atoms with Crippen molar-refractivity contribution in [2.24, 2.45) is 0 Å². The van der Waals surface area contributed by atoms with Gasteiger partial charge in [0.05, 0.1) is 22.8 Å². The van der Waals surface area contributed by atoms with Crippen molar-refractivity contribution < 1.29 is 23.1 Å².